The van der Waals surface area contributed by atoms with Crippen molar-refractivity contribution in [3.8, 4) is 17.2 Å². The molecule has 2 N–H and O–H groups in total. The zero-order chi connectivity index (χ0) is 13.3. The number of rotatable bonds is 3. The number of aliphatic hydroxyl groups excluding tert-OH is 1. The number of benzene rings is 1. The van der Waals surface area contributed by atoms with E-state index in [4.69, 9.17) is 21.1 Å². The zero-order valence-electron chi connectivity index (χ0n) is 9.47. The van der Waals surface area contributed by atoms with Gasteiger partial charge in [-0.15, -0.1) is 0 Å². The molecule has 0 spiro atoms. The molecule has 7 heteroatoms. The third-order valence-electron chi connectivity index (χ3n) is 2.41. The highest BCUT2D eigenvalue weighted by Gasteiger charge is 2.32. The highest BCUT2D eigenvalue weighted by atomic mass is 35.5. The topological polar surface area (TPSA) is 85.2 Å². The van der Waals surface area contributed by atoms with E-state index in [1.807, 2.05) is 0 Å². The van der Waals surface area contributed by atoms with Crippen LogP contribution in [0.15, 0.2) is 6.07 Å². The van der Waals surface area contributed by atoms with E-state index in [1.54, 1.807) is 6.92 Å². The van der Waals surface area contributed by atoms with Crippen molar-refractivity contribution in [1.82, 2.24) is 0 Å². The van der Waals surface area contributed by atoms with Crippen LogP contribution in [0.1, 0.15) is 18.6 Å². The van der Waals surface area contributed by atoms with Crippen LogP contribution in [0.3, 0.4) is 0 Å². The quantitative estimate of drug-likeness (QED) is 0.810. The number of halogens is 1. The number of fused-ring (bicyclic) bond motifs is 1. The molecule has 0 saturated heterocycles. The lowest BCUT2D eigenvalue weighted by Crippen LogP contribution is -2.16. The zero-order valence-corrected chi connectivity index (χ0v) is 10.2. The van der Waals surface area contributed by atoms with E-state index in [2.05, 4.69) is 4.74 Å². The first kappa shape index (κ1) is 12.8. The van der Waals surface area contributed by atoms with Gasteiger partial charge in [-0.3, -0.25) is 0 Å². The van der Waals surface area contributed by atoms with Crippen LogP contribution in [0.4, 0.5) is 0 Å². The van der Waals surface area contributed by atoms with Gasteiger partial charge in [-0.1, -0.05) is 11.6 Å². The number of aromatic hydroxyl groups is 1. The average molecular weight is 275 g/mol. The molecule has 0 radical (unpaired) electrons. The molecule has 0 saturated carbocycles. The number of phenolic OH excluding ortho intramolecular Hbond substituents is 1. The Morgan fingerprint density at radius 2 is 2.33 bits per heavy atom. The maximum Gasteiger partial charge on any atom is 0.339 e. The molecule has 1 aromatic carbocycles. The number of phenols is 1. The molecule has 1 aliphatic rings. The summed E-state index contributed by atoms with van der Waals surface area (Å²) in [5.74, 6) is -0.970. The fraction of sp³-hybridized carbons (Fsp3) is 0.364. The van der Waals surface area contributed by atoms with Crippen LogP contribution in [-0.2, 0) is 9.53 Å². The number of hydrogen-bond acceptors (Lipinski definition) is 6. The molecule has 1 aromatic rings. The molecule has 2 rings (SSSR count). The molecule has 0 aromatic heterocycles. The Labute approximate surface area is 108 Å². The van der Waals surface area contributed by atoms with Gasteiger partial charge in [0.15, 0.2) is 17.6 Å². The summed E-state index contributed by atoms with van der Waals surface area (Å²) >= 11 is 5.77. The van der Waals surface area contributed by atoms with Gasteiger partial charge in [-0.25, -0.2) is 4.79 Å². The number of carbonyl (C=O) groups is 1. The molecular weight excluding hydrogens is 264 g/mol. The lowest BCUT2D eigenvalue weighted by Gasteiger charge is -2.14. The normalized spacial score (nSPS) is 14.4. The standard InChI is InChI=1S/C11H11ClO6/c1-2-16-11(15)9(14)7-8(13)5(12)3-6-10(7)18-4-17-6/h3,9,13-14H,2,4H2,1H3. The molecule has 1 atom stereocenters. The van der Waals surface area contributed by atoms with Gasteiger partial charge in [-0.2, -0.15) is 0 Å². The van der Waals surface area contributed by atoms with Crippen LogP contribution in [0, 0.1) is 0 Å². The molecule has 6 nitrogen and oxygen atoms in total. The summed E-state index contributed by atoms with van der Waals surface area (Å²) in [6, 6.07) is 1.35. The van der Waals surface area contributed by atoms with Crippen molar-refractivity contribution < 1.29 is 29.2 Å². The van der Waals surface area contributed by atoms with Crippen LogP contribution in [0.5, 0.6) is 17.2 Å². The average Bonchev–Trinajstić information content (AvgIpc) is 2.77. The molecule has 18 heavy (non-hydrogen) atoms. The van der Waals surface area contributed by atoms with E-state index >= 15 is 0 Å². The summed E-state index contributed by atoms with van der Waals surface area (Å²) in [6.07, 6.45) is -1.68. The Balaban J connectivity index is 2.46. The van der Waals surface area contributed by atoms with Crippen LogP contribution in [0.2, 0.25) is 5.02 Å². The molecule has 0 bridgehead atoms. The Morgan fingerprint density at radius 1 is 1.61 bits per heavy atom. The second kappa shape index (κ2) is 4.91. The number of hydrogen-bond donors (Lipinski definition) is 2. The van der Waals surface area contributed by atoms with Crippen LogP contribution < -0.4 is 9.47 Å². The van der Waals surface area contributed by atoms with Crippen molar-refractivity contribution in [3.05, 3.63) is 16.7 Å². The predicted octanol–water partition coefficient (Wildman–Crippen LogP) is 1.37. The molecule has 0 fully saturated rings. The summed E-state index contributed by atoms with van der Waals surface area (Å²) < 4.78 is 14.9. The van der Waals surface area contributed by atoms with Crippen molar-refractivity contribution in [2.24, 2.45) is 0 Å². The first-order chi connectivity index (χ1) is 8.56. The second-order valence-corrected chi connectivity index (χ2v) is 3.92. The van der Waals surface area contributed by atoms with Gasteiger partial charge in [0.1, 0.15) is 5.75 Å². The maximum absolute atomic E-state index is 11.5. The summed E-state index contributed by atoms with van der Waals surface area (Å²) in [6.45, 7) is 1.64. The van der Waals surface area contributed by atoms with Crippen molar-refractivity contribution in [2.75, 3.05) is 13.4 Å². The van der Waals surface area contributed by atoms with Gasteiger partial charge in [0.05, 0.1) is 17.2 Å². The minimum atomic E-state index is -1.68. The monoisotopic (exact) mass is 274 g/mol. The molecule has 98 valence electrons. The number of aliphatic hydroxyl groups is 1. The van der Waals surface area contributed by atoms with E-state index in [9.17, 15) is 15.0 Å². The molecule has 1 aliphatic heterocycles. The summed E-state index contributed by atoms with van der Waals surface area (Å²) in [4.78, 5) is 11.5. The Kier molecular flexibility index (Phi) is 3.49. The highest BCUT2D eigenvalue weighted by molar-refractivity contribution is 6.32. The highest BCUT2D eigenvalue weighted by Crippen LogP contribution is 2.47. The second-order valence-electron chi connectivity index (χ2n) is 3.51. The van der Waals surface area contributed by atoms with Gasteiger partial charge in [0.25, 0.3) is 0 Å². The van der Waals surface area contributed by atoms with Gasteiger partial charge in [0, 0.05) is 6.07 Å². The molecule has 1 unspecified atom stereocenters. The van der Waals surface area contributed by atoms with Crippen molar-refractivity contribution in [2.45, 2.75) is 13.0 Å². The minimum Gasteiger partial charge on any atom is -0.506 e. The molecular formula is C11H11ClO6. The smallest absolute Gasteiger partial charge is 0.339 e. The van der Waals surface area contributed by atoms with Gasteiger partial charge in [0.2, 0.25) is 6.79 Å². The largest absolute Gasteiger partial charge is 0.506 e. The molecule has 0 amide bonds. The van der Waals surface area contributed by atoms with Gasteiger partial charge in [-0.05, 0) is 6.92 Å². The van der Waals surface area contributed by atoms with E-state index < -0.39 is 17.8 Å². The van der Waals surface area contributed by atoms with E-state index in [0.29, 0.717) is 0 Å². The number of carbonyl (C=O) groups excluding carboxylic acids is 1. The minimum absolute atomic E-state index is 0.0439. The number of esters is 1. The SMILES string of the molecule is CCOC(=O)C(O)c1c(O)c(Cl)cc2c1OCO2. The summed E-state index contributed by atoms with van der Waals surface area (Å²) in [7, 11) is 0. The van der Waals surface area contributed by atoms with E-state index in [0.717, 1.165) is 0 Å². The Hall–Kier alpha value is -1.66. The third-order valence-corrected chi connectivity index (χ3v) is 2.70. The van der Waals surface area contributed by atoms with Crippen LogP contribution in [-0.4, -0.2) is 29.6 Å². The lowest BCUT2D eigenvalue weighted by atomic mass is 10.1. The first-order valence-electron chi connectivity index (χ1n) is 5.22. The Morgan fingerprint density at radius 3 is 3.00 bits per heavy atom. The van der Waals surface area contributed by atoms with E-state index in [-0.39, 0.29) is 35.5 Å². The van der Waals surface area contributed by atoms with Gasteiger partial charge >= 0.3 is 5.97 Å². The molecule has 1 heterocycles. The fourth-order valence-electron chi connectivity index (χ4n) is 1.62. The lowest BCUT2D eigenvalue weighted by molar-refractivity contribution is -0.153. The first-order valence-corrected chi connectivity index (χ1v) is 5.59. The summed E-state index contributed by atoms with van der Waals surface area (Å²) in [5.41, 5.74) is -0.145. The maximum atomic E-state index is 11.5. The summed E-state index contributed by atoms with van der Waals surface area (Å²) in [5, 5.41) is 19.6. The Bertz CT molecular complexity index is 487. The predicted molar refractivity (Wildman–Crippen MR) is 60.8 cm³/mol. The van der Waals surface area contributed by atoms with E-state index in [1.165, 1.54) is 6.07 Å². The molecule has 0 aliphatic carbocycles. The fourth-order valence-corrected chi connectivity index (χ4v) is 1.82. The van der Waals surface area contributed by atoms with Crippen molar-refractivity contribution in [1.29, 1.82) is 0 Å². The van der Waals surface area contributed by atoms with Crippen molar-refractivity contribution in [3.63, 3.8) is 0 Å². The third kappa shape index (κ3) is 2.04. The van der Waals surface area contributed by atoms with Crippen LogP contribution in [0.25, 0.3) is 0 Å². The van der Waals surface area contributed by atoms with Crippen molar-refractivity contribution >= 4 is 17.6 Å². The number of ether oxygens (including phenoxy) is 3. The van der Waals surface area contributed by atoms with Crippen LogP contribution >= 0.6 is 11.6 Å². The van der Waals surface area contributed by atoms with Gasteiger partial charge < -0.3 is 24.4 Å².